The Hall–Kier alpha value is -2.03. The van der Waals surface area contributed by atoms with E-state index in [1.165, 1.54) is 0 Å². The highest BCUT2D eigenvalue weighted by Crippen LogP contribution is 2.05. The molecule has 1 amide bonds. The first-order valence-corrected chi connectivity index (χ1v) is 5.63. The highest BCUT2D eigenvalue weighted by Gasteiger charge is 2.24. The van der Waals surface area contributed by atoms with Gasteiger partial charge < -0.3 is 10.0 Å². The monoisotopic (exact) mass is 254 g/mol. The van der Waals surface area contributed by atoms with Crippen molar-refractivity contribution >= 4 is 11.9 Å². The van der Waals surface area contributed by atoms with Crippen molar-refractivity contribution in [2.45, 2.75) is 6.42 Å². The van der Waals surface area contributed by atoms with E-state index in [9.17, 15) is 9.59 Å². The minimum Gasteiger partial charge on any atom is -0.481 e. The number of nitrogens with one attached hydrogen (secondary N) is 1. The predicted octanol–water partition coefficient (Wildman–Crippen LogP) is -1.57. The lowest BCUT2D eigenvalue weighted by Crippen LogP contribution is -2.49. The van der Waals surface area contributed by atoms with E-state index >= 15 is 0 Å². The fourth-order valence-electron chi connectivity index (χ4n) is 1.82. The highest BCUT2D eigenvalue weighted by atomic mass is 16.4. The molecule has 1 aliphatic rings. The topological polar surface area (TPSA) is 115 Å². The number of aromatic nitrogens is 4. The number of carbonyl (C=O) groups is 2. The molecule has 0 saturated carbocycles. The Morgan fingerprint density at radius 2 is 2.00 bits per heavy atom. The molecule has 18 heavy (non-hydrogen) atoms. The summed E-state index contributed by atoms with van der Waals surface area (Å²) >= 11 is 0. The largest absolute Gasteiger partial charge is 0.481 e. The van der Waals surface area contributed by atoms with E-state index in [4.69, 9.17) is 5.11 Å². The van der Waals surface area contributed by atoms with Crippen LogP contribution in [0, 0.1) is 0 Å². The fraction of sp³-hybridized carbons (Fsp3) is 0.667. The first kappa shape index (κ1) is 12.4. The van der Waals surface area contributed by atoms with Crippen molar-refractivity contribution in [2.24, 2.45) is 0 Å². The van der Waals surface area contributed by atoms with Gasteiger partial charge in [-0.05, 0) is 5.21 Å². The summed E-state index contributed by atoms with van der Waals surface area (Å²) in [4.78, 5) is 26.0. The van der Waals surface area contributed by atoms with Gasteiger partial charge in [0.15, 0.2) is 0 Å². The van der Waals surface area contributed by atoms with E-state index in [2.05, 4.69) is 20.6 Å². The van der Waals surface area contributed by atoms with Crippen molar-refractivity contribution in [2.75, 3.05) is 32.7 Å². The summed E-state index contributed by atoms with van der Waals surface area (Å²) in [5.41, 5.74) is 0. The Morgan fingerprint density at radius 1 is 1.28 bits per heavy atom. The maximum Gasteiger partial charge on any atom is 0.304 e. The molecule has 1 aromatic heterocycles. The van der Waals surface area contributed by atoms with Crippen LogP contribution < -0.4 is 0 Å². The Bertz CT molecular complexity index is 412. The normalized spacial score (nSPS) is 16.8. The Kier molecular flexibility index (Phi) is 3.82. The van der Waals surface area contributed by atoms with E-state index < -0.39 is 5.97 Å². The van der Waals surface area contributed by atoms with Crippen molar-refractivity contribution in [3.63, 3.8) is 0 Å². The van der Waals surface area contributed by atoms with Crippen LogP contribution in [0.5, 0.6) is 0 Å². The van der Waals surface area contributed by atoms with Crippen LogP contribution in [0.1, 0.15) is 17.0 Å². The number of carboxylic acid groups (broad SMARTS) is 1. The van der Waals surface area contributed by atoms with Gasteiger partial charge in [0.25, 0.3) is 11.7 Å². The van der Waals surface area contributed by atoms with Gasteiger partial charge in [-0.1, -0.05) is 0 Å². The number of hydrogen-bond acceptors (Lipinski definition) is 6. The second-order valence-corrected chi connectivity index (χ2v) is 4.01. The lowest BCUT2D eigenvalue weighted by atomic mass is 10.3. The molecule has 1 saturated heterocycles. The maximum absolute atomic E-state index is 11.9. The molecule has 1 aromatic rings. The number of H-pyrrole nitrogens is 1. The summed E-state index contributed by atoms with van der Waals surface area (Å²) in [7, 11) is 0. The molecule has 1 aliphatic heterocycles. The van der Waals surface area contributed by atoms with Crippen molar-refractivity contribution < 1.29 is 14.7 Å². The van der Waals surface area contributed by atoms with Crippen molar-refractivity contribution in [3.05, 3.63) is 5.82 Å². The third-order valence-electron chi connectivity index (χ3n) is 2.84. The zero-order valence-corrected chi connectivity index (χ0v) is 9.74. The average molecular weight is 254 g/mol. The molecule has 0 aromatic carbocycles. The molecule has 9 heteroatoms. The molecule has 1 fully saturated rings. The molecule has 98 valence electrons. The first-order chi connectivity index (χ1) is 8.66. The van der Waals surface area contributed by atoms with Gasteiger partial charge in [0.1, 0.15) is 0 Å². The van der Waals surface area contributed by atoms with Crippen LogP contribution in [0.3, 0.4) is 0 Å². The van der Waals surface area contributed by atoms with Crippen LogP contribution >= 0.6 is 0 Å². The molecule has 2 N–H and O–H groups in total. The molecule has 0 atom stereocenters. The number of aliphatic carboxylic acids is 1. The molecule has 2 heterocycles. The van der Waals surface area contributed by atoms with Crippen molar-refractivity contribution in [1.29, 1.82) is 0 Å². The number of carbonyl (C=O) groups excluding carboxylic acids is 1. The van der Waals surface area contributed by atoms with Crippen LogP contribution in [-0.2, 0) is 4.79 Å². The summed E-state index contributed by atoms with van der Waals surface area (Å²) < 4.78 is 0. The zero-order chi connectivity index (χ0) is 13.0. The van der Waals surface area contributed by atoms with Crippen LogP contribution in [0.25, 0.3) is 0 Å². The Morgan fingerprint density at radius 3 is 2.56 bits per heavy atom. The second kappa shape index (κ2) is 5.54. The minimum atomic E-state index is -0.805. The average Bonchev–Trinajstić information content (AvgIpc) is 2.90. The highest BCUT2D eigenvalue weighted by molar-refractivity contribution is 5.90. The number of hydrogen-bond donors (Lipinski definition) is 2. The van der Waals surface area contributed by atoms with Crippen molar-refractivity contribution in [3.8, 4) is 0 Å². The van der Waals surface area contributed by atoms with Gasteiger partial charge in [-0.3, -0.25) is 14.5 Å². The number of rotatable bonds is 4. The molecular weight excluding hydrogens is 240 g/mol. The van der Waals surface area contributed by atoms with Crippen LogP contribution in [0.2, 0.25) is 0 Å². The van der Waals surface area contributed by atoms with Gasteiger partial charge in [-0.15, -0.1) is 10.2 Å². The van der Waals surface area contributed by atoms with Gasteiger partial charge in [0, 0.05) is 32.7 Å². The van der Waals surface area contributed by atoms with Crippen LogP contribution in [0.15, 0.2) is 0 Å². The van der Waals surface area contributed by atoms with E-state index in [0.717, 1.165) is 0 Å². The fourth-order valence-corrected chi connectivity index (χ4v) is 1.82. The van der Waals surface area contributed by atoms with E-state index in [-0.39, 0.29) is 18.2 Å². The second-order valence-electron chi connectivity index (χ2n) is 4.01. The number of amides is 1. The molecule has 9 nitrogen and oxygen atoms in total. The molecule has 0 spiro atoms. The summed E-state index contributed by atoms with van der Waals surface area (Å²) in [6, 6.07) is 0. The van der Waals surface area contributed by atoms with Crippen LogP contribution in [-0.4, -0.2) is 80.1 Å². The molecule has 2 rings (SSSR count). The molecule has 0 radical (unpaired) electrons. The number of tetrazole rings is 1. The SMILES string of the molecule is O=C(O)CCN1CCN(C(=O)c2nn[nH]n2)CC1. The summed E-state index contributed by atoms with van der Waals surface area (Å²) in [6.45, 7) is 2.94. The van der Waals surface area contributed by atoms with Gasteiger partial charge in [0.05, 0.1) is 6.42 Å². The maximum atomic E-state index is 11.9. The predicted molar refractivity (Wildman–Crippen MR) is 58.8 cm³/mol. The Labute approximate surface area is 103 Å². The van der Waals surface area contributed by atoms with Crippen molar-refractivity contribution in [1.82, 2.24) is 30.4 Å². The summed E-state index contributed by atoms with van der Waals surface area (Å²) in [5, 5.41) is 21.5. The van der Waals surface area contributed by atoms with Gasteiger partial charge in [0.2, 0.25) is 0 Å². The third kappa shape index (κ3) is 3.00. The van der Waals surface area contributed by atoms with E-state index in [1.54, 1.807) is 4.90 Å². The van der Waals surface area contributed by atoms with Crippen LogP contribution in [0.4, 0.5) is 0 Å². The zero-order valence-electron chi connectivity index (χ0n) is 9.74. The smallest absolute Gasteiger partial charge is 0.304 e. The molecule has 0 aliphatic carbocycles. The number of nitrogens with zero attached hydrogens (tertiary/aromatic N) is 5. The van der Waals surface area contributed by atoms with Gasteiger partial charge >= 0.3 is 5.97 Å². The van der Waals surface area contributed by atoms with Gasteiger partial charge in [-0.2, -0.15) is 5.21 Å². The summed E-state index contributed by atoms with van der Waals surface area (Å²) in [6.07, 6.45) is 0.124. The first-order valence-electron chi connectivity index (χ1n) is 5.63. The van der Waals surface area contributed by atoms with E-state index in [1.807, 2.05) is 4.90 Å². The third-order valence-corrected chi connectivity index (χ3v) is 2.84. The number of aromatic amines is 1. The molecule has 0 bridgehead atoms. The Balaban J connectivity index is 1.80. The lowest BCUT2D eigenvalue weighted by Gasteiger charge is -2.33. The van der Waals surface area contributed by atoms with E-state index in [0.29, 0.717) is 32.7 Å². The number of piperazine rings is 1. The quantitative estimate of drug-likeness (QED) is 0.667. The molecular formula is C9H14N6O3. The molecule has 0 unspecified atom stereocenters. The lowest BCUT2D eigenvalue weighted by molar-refractivity contribution is -0.137. The summed E-state index contributed by atoms with van der Waals surface area (Å²) in [5.74, 6) is -0.990. The minimum absolute atomic E-state index is 0.0639. The van der Waals surface area contributed by atoms with Gasteiger partial charge in [-0.25, -0.2) is 0 Å². The standard InChI is InChI=1S/C9H14N6O3/c16-7(17)1-2-14-3-5-15(6-4-14)9(18)8-10-12-13-11-8/h1-6H2,(H,16,17)(H,10,11,12,13). The number of carboxylic acids is 1.